The van der Waals surface area contributed by atoms with Crippen LogP contribution in [-0.2, 0) is 6.42 Å². The van der Waals surface area contributed by atoms with Gasteiger partial charge in [0.2, 0.25) is 0 Å². The van der Waals surface area contributed by atoms with Crippen LogP contribution in [0.5, 0.6) is 11.5 Å². The third-order valence-corrected chi connectivity index (χ3v) is 3.61. The number of rotatable bonds is 9. The van der Waals surface area contributed by atoms with E-state index in [9.17, 15) is 13.2 Å². The lowest BCUT2D eigenvalue weighted by molar-refractivity contribution is -0.142. The van der Waals surface area contributed by atoms with E-state index in [1.807, 2.05) is 18.2 Å². The van der Waals surface area contributed by atoms with Gasteiger partial charge in [-0.2, -0.15) is 13.2 Å². The van der Waals surface area contributed by atoms with Crippen molar-refractivity contribution >= 4 is 5.96 Å². The summed E-state index contributed by atoms with van der Waals surface area (Å²) in [7, 11) is 6.22. The van der Waals surface area contributed by atoms with Crippen molar-refractivity contribution in [1.29, 1.82) is 0 Å². The number of nitrogens with zero attached hydrogens (tertiary/aromatic N) is 2. The molecular formula is C17H27F3N4O2. The molecule has 0 aliphatic rings. The van der Waals surface area contributed by atoms with Gasteiger partial charge in [0.05, 0.1) is 20.8 Å². The second-order valence-corrected chi connectivity index (χ2v) is 5.72. The van der Waals surface area contributed by atoms with Gasteiger partial charge in [-0.05, 0) is 31.2 Å². The number of benzene rings is 1. The maximum Gasteiger partial charge on any atom is 0.401 e. The number of aliphatic imine (C=N–C) groups is 1. The summed E-state index contributed by atoms with van der Waals surface area (Å²) >= 11 is 0. The summed E-state index contributed by atoms with van der Waals surface area (Å²) in [5, 5.41) is 6.13. The quantitative estimate of drug-likeness (QED) is 0.509. The number of likely N-dealkylation sites (N-methyl/N-ethyl adjacent to an activating group) is 1. The van der Waals surface area contributed by atoms with Crippen molar-refractivity contribution in [2.75, 3.05) is 54.5 Å². The number of hydrogen-bond donors (Lipinski definition) is 2. The average Bonchev–Trinajstić information content (AvgIpc) is 2.58. The highest BCUT2D eigenvalue weighted by molar-refractivity contribution is 5.79. The Bertz CT molecular complexity index is 580. The SMILES string of the molecule is CN=C(NCCc1ccc(OC)c(OC)c1)NCCN(C)CC(F)(F)F. The average molecular weight is 376 g/mol. The van der Waals surface area contributed by atoms with Gasteiger partial charge in [-0.15, -0.1) is 0 Å². The highest BCUT2D eigenvalue weighted by Gasteiger charge is 2.28. The van der Waals surface area contributed by atoms with E-state index in [1.54, 1.807) is 21.3 Å². The topological polar surface area (TPSA) is 58.1 Å². The van der Waals surface area contributed by atoms with Gasteiger partial charge in [0, 0.05) is 26.7 Å². The molecule has 9 heteroatoms. The summed E-state index contributed by atoms with van der Waals surface area (Å²) in [6.07, 6.45) is -3.46. The molecule has 0 bridgehead atoms. The number of alkyl halides is 3. The number of methoxy groups -OCH3 is 2. The predicted octanol–water partition coefficient (Wildman–Crippen LogP) is 1.91. The van der Waals surface area contributed by atoms with Crippen molar-refractivity contribution in [2.24, 2.45) is 4.99 Å². The fourth-order valence-electron chi connectivity index (χ4n) is 2.33. The number of halogens is 3. The van der Waals surface area contributed by atoms with Crippen molar-refractivity contribution in [3.63, 3.8) is 0 Å². The van der Waals surface area contributed by atoms with E-state index in [4.69, 9.17) is 9.47 Å². The van der Waals surface area contributed by atoms with Crippen LogP contribution in [-0.4, -0.2) is 71.5 Å². The van der Waals surface area contributed by atoms with Gasteiger partial charge in [0.25, 0.3) is 0 Å². The van der Waals surface area contributed by atoms with Crippen LogP contribution < -0.4 is 20.1 Å². The van der Waals surface area contributed by atoms with E-state index in [2.05, 4.69) is 15.6 Å². The van der Waals surface area contributed by atoms with Gasteiger partial charge < -0.3 is 20.1 Å². The van der Waals surface area contributed by atoms with Crippen molar-refractivity contribution in [3.8, 4) is 11.5 Å². The molecule has 148 valence electrons. The first-order chi connectivity index (χ1) is 12.3. The fraction of sp³-hybridized carbons (Fsp3) is 0.588. The van der Waals surface area contributed by atoms with Crippen LogP contribution in [0.1, 0.15) is 5.56 Å². The molecule has 0 saturated heterocycles. The molecule has 0 radical (unpaired) electrons. The molecule has 0 atom stereocenters. The van der Waals surface area contributed by atoms with Crippen LogP contribution in [0.15, 0.2) is 23.2 Å². The molecular weight excluding hydrogens is 349 g/mol. The van der Waals surface area contributed by atoms with E-state index in [0.717, 1.165) is 12.0 Å². The summed E-state index contributed by atoms with van der Waals surface area (Å²) < 4.78 is 47.3. The summed E-state index contributed by atoms with van der Waals surface area (Å²) in [4.78, 5) is 5.27. The van der Waals surface area contributed by atoms with Crippen LogP contribution in [0.4, 0.5) is 13.2 Å². The lowest BCUT2D eigenvalue weighted by Crippen LogP contribution is -2.42. The summed E-state index contributed by atoms with van der Waals surface area (Å²) in [6, 6.07) is 5.70. The number of hydrogen-bond acceptors (Lipinski definition) is 4. The van der Waals surface area contributed by atoms with E-state index < -0.39 is 12.7 Å². The molecule has 0 aromatic heterocycles. The molecule has 2 N–H and O–H groups in total. The fourth-order valence-corrected chi connectivity index (χ4v) is 2.33. The van der Waals surface area contributed by atoms with E-state index in [-0.39, 0.29) is 6.54 Å². The van der Waals surface area contributed by atoms with Gasteiger partial charge in [-0.25, -0.2) is 0 Å². The zero-order valence-electron chi connectivity index (χ0n) is 15.6. The first kappa shape index (κ1) is 21.9. The van der Waals surface area contributed by atoms with Crippen molar-refractivity contribution in [1.82, 2.24) is 15.5 Å². The van der Waals surface area contributed by atoms with E-state index >= 15 is 0 Å². The maximum atomic E-state index is 12.3. The minimum absolute atomic E-state index is 0.260. The molecule has 0 aliphatic carbocycles. The van der Waals surface area contributed by atoms with Gasteiger partial charge >= 0.3 is 6.18 Å². The zero-order chi connectivity index (χ0) is 19.6. The lowest BCUT2D eigenvalue weighted by atomic mass is 10.1. The number of guanidine groups is 1. The molecule has 1 aromatic carbocycles. The second kappa shape index (κ2) is 10.7. The van der Waals surface area contributed by atoms with E-state index in [0.29, 0.717) is 30.5 Å². The second-order valence-electron chi connectivity index (χ2n) is 5.72. The first-order valence-electron chi connectivity index (χ1n) is 8.19. The largest absolute Gasteiger partial charge is 0.493 e. The molecule has 0 amide bonds. The Morgan fingerprint density at radius 2 is 1.77 bits per heavy atom. The minimum atomic E-state index is -4.19. The first-order valence-corrected chi connectivity index (χ1v) is 8.19. The predicted molar refractivity (Wildman–Crippen MR) is 96.2 cm³/mol. The molecule has 0 aliphatic heterocycles. The summed E-state index contributed by atoms with van der Waals surface area (Å²) in [6.45, 7) is 0.312. The molecule has 0 spiro atoms. The van der Waals surface area contributed by atoms with Gasteiger partial charge in [-0.1, -0.05) is 6.07 Å². The Kier molecular flexibility index (Phi) is 9.04. The zero-order valence-corrected chi connectivity index (χ0v) is 15.6. The highest BCUT2D eigenvalue weighted by Crippen LogP contribution is 2.27. The maximum absolute atomic E-state index is 12.3. The smallest absolute Gasteiger partial charge is 0.401 e. The Balaban J connectivity index is 2.36. The molecule has 1 rings (SSSR count). The normalized spacial score (nSPS) is 12.2. The number of ether oxygens (including phenoxy) is 2. The third-order valence-electron chi connectivity index (χ3n) is 3.61. The van der Waals surface area contributed by atoms with Gasteiger partial charge in [0.1, 0.15) is 0 Å². The summed E-state index contributed by atoms with van der Waals surface area (Å²) in [5.41, 5.74) is 1.07. The molecule has 0 heterocycles. The minimum Gasteiger partial charge on any atom is -0.493 e. The molecule has 0 unspecified atom stereocenters. The van der Waals surface area contributed by atoms with Crippen molar-refractivity contribution in [2.45, 2.75) is 12.6 Å². The summed E-state index contributed by atoms with van der Waals surface area (Å²) in [5.74, 6) is 1.88. The van der Waals surface area contributed by atoms with Crippen molar-refractivity contribution < 1.29 is 22.6 Å². The molecule has 6 nitrogen and oxygen atoms in total. The standard InChI is InChI=1S/C17H27F3N4O2/c1-21-16(23-9-10-24(2)12-17(18,19)20)22-8-7-13-5-6-14(25-3)15(11-13)26-4/h5-6,11H,7-10,12H2,1-4H3,(H2,21,22,23). The Morgan fingerprint density at radius 1 is 1.12 bits per heavy atom. The Hall–Kier alpha value is -2.16. The molecule has 0 fully saturated rings. The van der Waals surface area contributed by atoms with Crippen LogP contribution in [0.3, 0.4) is 0 Å². The monoisotopic (exact) mass is 376 g/mol. The highest BCUT2D eigenvalue weighted by atomic mass is 19.4. The van der Waals surface area contributed by atoms with Crippen molar-refractivity contribution in [3.05, 3.63) is 23.8 Å². The molecule has 26 heavy (non-hydrogen) atoms. The molecule has 1 aromatic rings. The Labute approximate surface area is 152 Å². The van der Waals surface area contributed by atoms with Crippen LogP contribution >= 0.6 is 0 Å². The lowest BCUT2D eigenvalue weighted by Gasteiger charge is -2.19. The van der Waals surface area contributed by atoms with Gasteiger partial charge in [0.15, 0.2) is 17.5 Å². The Morgan fingerprint density at radius 3 is 2.35 bits per heavy atom. The third kappa shape index (κ3) is 8.28. The van der Waals surface area contributed by atoms with Crippen LogP contribution in [0.25, 0.3) is 0 Å². The number of nitrogens with one attached hydrogen (secondary N) is 2. The molecule has 0 saturated carbocycles. The van der Waals surface area contributed by atoms with Crippen LogP contribution in [0.2, 0.25) is 0 Å². The van der Waals surface area contributed by atoms with E-state index in [1.165, 1.54) is 11.9 Å². The van der Waals surface area contributed by atoms with Crippen LogP contribution in [0, 0.1) is 0 Å². The van der Waals surface area contributed by atoms with Gasteiger partial charge in [-0.3, -0.25) is 9.89 Å².